The van der Waals surface area contributed by atoms with Crippen molar-refractivity contribution in [3.8, 4) is 0 Å². The second kappa shape index (κ2) is 6.06. The number of benzene rings is 1. The molecule has 0 bridgehead atoms. The number of hydrogen-bond donors (Lipinski definition) is 1. The van der Waals surface area contributed by atoms with Crippen molar-refractivity contribution in [1.29, 1.82) is 0 Å². The van der Waals surface area contributed by atoms with E-state index in [1.165, 1.54) is 12.5 Å². The minimum absolute atomic E-state index is 0.147. The minimum Gasteiger partial charge on any atom is -0.457 e. The van der Waals surface area contributed by atoms with Crippen LogP contribution in [-0.2, 0) is 20.7 Å². The van der Waals surface area contributed by atoms with Crippen molar-refractivity contribution in [3.05, 3.63) is 34.3 Å². The van der Waals surface area contributed by atoms with E-state index >= 15 is 0 Å². The summed E-state index contributed by atoms with van der Waals surface area (Å²) in [5.74, 6) is -0.447. The summed E-state index contributed by atoms with van der Waals surface area (Å²) in [5.41, 5.74) is 2.18. The van der Waals surface area contributed by atoms with Gasteiger partial charge in [-0.25, -0.2) is 0 Å². The molecule has 1 aromatic carbocycles. The first-order valence-electron chi connectivity index (χ1n) is 6.28. The van der Waals surface area contributed by atoms with Crippen molar-refractivity contribution in [3.63, 3.8) is 0 Å². The van der Waals surface area contributed by atoms with E-state index in [4.69, 9.17) is 16.3 Å². The van der Waals surface area contributed by atoms with Crippen molar-refractivity contribution in [1.82, 2.24) is 5.32 Å². The van der Waals surface area contributed by atoms with Gasteiger partial charge in [0.25, 0.3) is 0 Å². The monoisotopic (exact) mass is 281 g/mol. The highest BCUT2D eigenvalue weighted by Crippen LogP contribution is 2.35. The number of fused-ring (bicyclic) bond motifs is 1. The molecule has 2 rings (SSSR count). The van der Waals surface area contributed by atoms with Crippen LogP contribution in [0.4, 0.5) is 0 Å². The molecule has 4 nitrogen and oxygen atoms in total. The van der Waals surface area contributed by atoms with E-state index in [-0.39, 0.29) is 24.4 Å². The number of hydrogen-bond acceptors (Lipinski definition) is 3. The molecule has 0 unspecified atom stereocenters. The van der Waals surface area contributed by atoms with Gasteiger partial charge in [-0.15, -0.1) is 0 Å². The zero-order chi connectivity index (χ0) is 13.8. The summed E-state index contributed by atoms with van der Waals surface area (Å²) >= 11 is 5.96. The lowest BCUT2D eigenvalue weighted by Crippen LogP contribution is -2.24. The number of halogens is 1. The van der Waals surface area contributed by atoms with Crippen LogP contribution in [0.1, 0.15) is 37.0 Å². The first-order valence-corrected chi connectivity index (χ1v) is 6.66. The lowest BCUT2D eigenvalue weighted by molar-refractivity contribution is -0.149. The van der Waals surface area contributed by atoms with E-state index in [0.717, 1.165) is 18.4 Å². The highest BCUT2D eigenvalue weighted by atomic mass is 35.5. The van der Waals surface area contributed by atoms with Crippen LogP contribution in [0.25, 0.3) is 0 Å². The van der Waals surface area contributed by atoms with Gasteiger partial charge in [0.2, 0.25) is 5.91 Å². The van der Waals surface area contributed by atoms with Crippen LogP contribution in [0.15, 0.2) is 18.2 Å². The maximum atomic E-state index is 11.7. The average molecular weight is 282 g/mol. The fraction of sp³-hybridized carbons (Fsp3) is 0.429. The van der Waals surface area contributed by atoms with Gasteiger partial charge in [-0.1, -0.05) is 17.7 Å². The largest absolute Gasteiger partial charge is 0.457 e. The van der Waals surface area contributed by atoms with Crippen molar-refractivity contribution in [2.45, 2.75) is 32.3 Å². The predicted molar refractivity (Wildman–Crippen MR) is 71.9 cm³/mol. The number of rotatable bonds is 4. The van der Waals surface area contributed by atoms with E-state index in [9.17, 15) is 9.59 Å². The summed E-state index contributed by atoms with van der Waals surface area (Å²) in [7, 11) is 0. The molecule has 0 saturated heterocycles. The standard InChI is InChI=1S/C14H16ClNO3/c1-9(17)16-7-6-14(18)19-13-5-3-10-2-4-11(15)8-12(10)13/h2,4,8,13H,3,5-7H2,1H3,(H,16,17)/t13-/m0/s1. The molecule has 102 valence electrons. The lowest BCUT2D eigenvalue weighted by atomic mass is 10.1. The lowest BCUT2D eigenvalue weighted by Gasteiger charge is -2.13. The highest BCUT2D eigenvalue weighted by molar-refractivity contribution is 6.30. The molecule has 1 amide bonds. The number of ether oxygens (including phenoxy) is 1. The highest BCUT2D eigenvalue weighted by Gasteiger charge is 2.25. The smallest absolute Gasteiger partial charge is 0.308 e. The fourth-order valence-electron chi connectivity index (χ4n) is 2.22. The van der Waals surface area contributed by atoms with Gasteiger partial charge in [-0.3, -0.25) is 9.59 Å². The van der Waals surface area contributed by atoms with Gasteiger partial charge in [0, 0.05) is 18.5 Å². The number of aryl methyl sites for hydroxylation is 1. The van der Waals surface area contributed by atoms with Crippen LogP contribution in [0.5, 0.6) is 0 Å². The van der Waals surface area contributed by atoms with Crippen molar-refractivity contribution in [2.24, 2.45) is 0 Å². The third-order valence-electron chi connectivity index (χ3n) is 3.11. The molecule has 1 N–H and O–H groups in total. The number of carbonyl (C=O) groups excluding carboxylic acids is 2. The van der Waals surface area contributed by atoms with Gasteiger partial charge in [0.15, 0.2) is 0 Å². The van der Waals surface area contributed by atoms with Crippen molar-refractivity contribution < 1.29 is 14.3 Å². The molecule has 0 heterocycles. The van der Waals surface area contributed by atoms with Gasteiger partial charge in [0.05, 0.1) is 6.42 Å². The summed E-state index contributed by atoms with van der Waals surface area (Å²) in [6, 6.07) is 5.68. The van der Waals surface area contributed by atoms with Gasteiger partial charge in [0.1, 0.15) is 6.10 Å². The molecule has 0 fully saturated rings. The predicted octanol–water partition coefficient (Wildman–Crippen LogP) is 2.40. The van der Waals surface area contributed by atoms with Crippen molar-refractivity contribution >= 4 is 23.5 Å². The second-order valence-electron chi connectivity index (χ2n) is 4.59. The second-order valence-corrected chi connectivity index (χ2v) is 5.03. The third-order valence-corrected chi connectivity index (χ3v) is 3.34. The van der Waals surface area contributed by atoms with E-state index < -0.39 is 0 Å². The van der Waals surface area contributed by atoms with Crippen LogP contribution >= 0.6 is 11.6 Å². The Labute approximate surface area is 117 Å². The Morgan fingerprint density at radius 3 is 3.00 bits per heavy atom. The van der Waals surface area contributed by atoms with Gasteiger partial charge in [-0.05, 0) is 36.1 Å². The normalized spacial score (nSPS) is 16.8. The van der Waals surface area contributed by atoms with E-state index in [2.05, 4.69) is 5.32 Å². The molecule has 5 heteroatoms. The van der Waals surface area contributed by atoms with E-state index in [0.29, 0.717) is 11.6 Å². The summed E-state index contributed by atoms with van der Waals surface area (Å²) in [5, 5.41) is 3.22. The summed E-state index contributed by atoms with van der Waals surface area (Å²) < 4.78 is 5.43. The Balaban J connectivity index is 1.90. The summed E-state index contributed by atoms with van der Waals surface area (Å²) in [4.78, 5) is 22.4. The maximum absolute atomic E-state index is 11.7. The first kappa shape index (κ1) is 13.9. The molecule has 0 radical (unpaired) electrons. The fourth-order valence-corrected chi connectivity index (χ4v) is 2.40. The quantitative estimate of drug-likeness (QED) is 0.862. The van der Waals surface area contributed by atoms with Crippen LogP contribution in [0.3, 0.4) is 0 Å². The van der Waals surface area contributed by atoms with Crippen LogP contribution in [0, 0.1) is 0 Å². The molecular formula is C14H16ClNO3. The molecular weight excluding hydrogens is 266 g/mol. The van der Waals surface area contributed by atoms with Gasteiger partial charge >= 0.3 is 5.97 Å². The minimum atomic E-state index is -0.299. The number of esters is 1. The molecule has 0 saturated carbocycles. The molecule has 1 aromatic rings. The number of amides is 1. The van der Waals surface area contributed by atoms with Crippen molar-refractivity contribution in [2.75, 3.05) is 6.54 Å². The van der Waals surface area contributed by atoms with Gasteiger partial charge < -0.3 is 10.1 Å². The van der Waals surface area contributed by atoms with Crippen LogP contribution in [-0.4, -0.2) is 18.4 Å². The molecule has 0 aliphatic heterocycles. The molecule has 1 aliphatic carbocycles. The maximum Gasteiger partial charge on any atom is 0.308 e. The zero-order valence-electron chi connectivity index (χ0n) is 10.7. The molecule has 19 heavy (non-hydrogen) atoms. The molecule has 0 aromatic heterocycles. The first-order chi connectivity index (χ1) is 9.06. The molecule has 1 atom stereocenters. The Morgan fingerprint density at radius 2 is 2.26 bits per heavy atom. The summed E-state index contributed by atoms with van der Waals surface area (Å²) in [6.07, 6.45) is 1.67. The summed E-state index contributed by atoms with van der Waals surface area (Å²) in [6.45, 7) is 1.73. The Morgan fingerprint density at radius 1 is 1.47 bits per heavy atom. The Bertz CT molecular complexity index is 501. The average Bonchev–Trinajstić information content (AvgIpc) is 2.71. The van der Waals surface area contributed by atoms with E-state index in [1.54, 1.807) is 0 Å². The SMILES string of the molecule is CC(=O)NCCC(=O)O[C@H]1CCc2ccc(Cl)cc21. The Kier molecular flexibility index (Phi) is 4.43. The number of nitrogens with one attached hydrogen (secondary N) is 1. The van der Waals surface area contributed by atoms with E-state index in [1.807, 2.05) is 18.2 Å². The number of carbonyl (C=O) groups is 2. The molecule has 0 spiro atoms. The van der Waals surface area contributed by atoms with Crippen LogP contribution in [0.2, 0.25) is 5.02 Å². The Hall–Kier alpha value is -1.55. The third kappa shape index (κ3) is 3.70. The van der Waals surface area contributed by atoms with Crippen LogP contribution < -0.4 is 5.32 Å². The zero-order valence-corrected chi connectivity index (χ0v) is 11.5. The molecule has 1 aliphatic rings. The van der Waals surface area contributed by atoms with Gasteiger partial charge in [-0.2, -0.15) is 0 Å². The topological polar surface area (TPSA) is 55.4 Å².